The monoisotopic (exact) mass is 165 g/mol. The fourth-order valence-corrected chi connectivity index (χ4v) is 2.03. The van der Waals surface area contributed by atoms with Crippen LogP contribution in [0.25, 0.3) is 0 Å². The fraction of sp³-hybridized carbons (Fsp3) is 0.909. The Hall–Kier alpha value is -0.510. The second-order valence-electron chi connectivity index (χ2n) is 4.92. The van der Waals surface area contributed by atoms with E-state index < -0.39 is 0 Å². The largest absolute Gasteiger partial charge is 0.198 e. The van der Waals surface area contributed by atoms with Gasteiger partial charge in [0.15, 0.2) is 0 Å². The van der Waals surface area contributed by atoms with Gasteiger partial charge in [-0.3, -0.25) is 0 Å². The summed E-state index contributed by atoms with van der Waals surface area (Å²) in [6.07, 6.45) is 5.09. The van der Waals surface area contributed by atoms with Crippen LogP contribution in [0.3, 0.4) is 0 Å². The van der Waals surface area contributed by atoms with E-state index in [-0.39, 0.29) is 5.92 Å². The molecule has 0 saturated heterocycles. The van der Waals surface area contributed by atoms with Gasteiger partial charge in [-0.05, 0) is 43.9 Å². The van der Waals surface area contributed by atoms with Crippen molar-refractivity contribution in [1.82, 2.24) is 0 Å². The molecule has 1 atom stereocenters. The summed E-state index contributed by atoms with van der Waals surface area (Å²) in [6, 6.07) is 2.36. The topological polar surface area (TPSA) is 23.8 Å². The van der Waals surface area contributed by atoms with Crippen LogP contribution in [0, 0.1) is 28.6 Å². The minimum Gasteiger partial charge on any atom is -0.198 e. The standard InChI is InChI=1S/C11H19N/c1-9(8-12)10-4-6-11(2,3)7-5-10/h9-10H,4-7H2,1-3H3. The van der Waals surface area contributed by atoms with Crippen LogP contribution in [0.4, 0.5) is 0 Å². The van der Waals surface area contributed by atoms with Crippen molar-refractivity contribution in [2.45, 2.75) is 46.5 Å². The molecule has 0 amide bonds. The molecule has 0 aromatic carbocycles. The molecule has 1 nitrogen and oxygen atoms in total. The molecular weight excluding hydrogens is 146 g/mol. The van der Waals surface area contributed by atoms with Gasteiger partial charge in [0.25, 0.3) is 0 Å². The van der Waals surface area contributed by atoms with E-state index in [0.29, 0.717) is 11.3 Å². The smallest absolute Gasteiger partial charge is 0.0655 e. The second kappa shape index (κ2) is 3.47. The molecule has 1 fully saturated rings. The van der Waals surface area contributed by atoms with Crippen LogP contribution < -0.4 is 0 Å². The average Bonchev–Trinajstić information content (AvgIpc) is 2.03. The summed E-state index contributed by atoms with van der Waals surface area (Å²) in [6.45, 7) is 6.73. The van der Waals surface area contributed by atoms with Crippen LogP contribution in [0.5, 0.6) is 0 Å². The van der Waals surface area contributed by atoms with E-state index in [2.05, 4.69) is 26.8 Å². The maximum Gasteiger partial charge on any atom is 0.0655 e. The quantitative estimate of drug-likeness (QED) is 0.584. The van der Waals surface area contributed by atoms with Crippen LogP contribution in [0.15, 0.2) is 0 Å². The third-order valence-electron chi connectivity index (χ3n) is 3.29. The second-order valence-corrected chi connectivity index (χ2v) is 4.92. The normalized spacial score (nSPS) is 26.2. The van der Waals surface area contributed by atoms with Crippen molar-refractivity contribution in [2.75, 3.05) is 0 Å². The Bertz CT molecular complexity index is 178. The first-order valence-electron chi connectivity index (χ1n) is 4.95. The molecule has 0 radical (unpaired) electrons. The van der Waals surface area contributed by atoms with Gasteiger partial charge in [0.1, 0.15) is 0 Å². The zero-order chi connectivity index (χ0) is 9.19. The highest BCUT2D eigenvalue weighted by Crippen LogP contribution is 2.40. The predicted molar refractivity (Wildman–Crippen MR) is 50.5 cm³/mol. The van der Waals surface area contributed by atoms with Gasteiger partial charge in [0.05, 0.1) is 6.07 Å². The Balaban J connectivity index is 2.42. The van der Waals surface area contributed by atoms with E-state index in [9.17, 15) is 0 Å². The predicted octanol–water partition coefficient (Wildman–Crippen LogP) is 3.36. The molecular formula is C11H19N. The molecule has 12 heavy (non-hydrogen) atoms. The fourth-order valence-electron chi connectivity index (χ4n) is 2.03. The Morgan fingerprint density at radius 2 is 1.83 bits per heavy atom. The number of hydrogen-bond acceptors (Lipinski definition) is 1. The maximum absolute atomic E-state index is 8.77. The SMILES string of the molecule is CC(C#N)C1CCC(C)(C)CC1. The van der Waals surface area contributed by atoms with Crippen molar-refractivity contribution >= 4 is 0 Å². The molecule has 1 aliphatic rings. The summed E-state index contributed by atoms with van der Waals surface area (Å²) in [5, 5.41) is 8.77. The number of nitrogens with zero attached hydrogens (tertiary/aromatic N) is 1. The van der Waals surface area contributed by atoms with E-state index in [1.165, 1.54) is 25.7 Å². The summed E-state index contributed by atoms with van der Waals surface area (Å²) in [4.78, 5) is 0. The Morgan fingerprint density at radius 3 is 2.25 bits per heavy atom. The zero-order valence-electron chi connectivity index (χ0n) is 8.43. The van der Waals surface area contributed by atoms with Crippen LogP contribution in [0.2, 0.25) is 0 Å². The van der Waals surface area contributed by atoms with Gasteiger partial charge >= 0.3 is 0 Å². The first-order valence-corrected chi connectivity index (χ1v) is 4.95. The van der Waals surface area contributed by atoms with E-state index in [1.807, 2.05) is 0 Å². The van der Waals surface area contributed by atoms with Crippen molar-refractivity contribution in [3.05, 3.63) is 0 Å². The van der Waals surface area contributed by atoms with E-state index >= 15 is 0 Å². The molecule has 0 aliphatic heterocycles. The molecule has 1 unspecified atom stereocenters. The first kappa shape index (κ1) is 9.58. The molecule has 0 heterocycles. The molecule has 68 valence electrons. The summed E-state index contributed by atoms with van der Waals surface area (Å²) < 4.78 is 0. The molecule has 1 heteroatoms. The van der Waals surface area contributed by atoms with Crippen molar-refractivity contribution in [3.8, 4) is 6.07 Å². The van der Waals surface area contributed by atoms with Gasteiger partial charge in [-0.15, -0.1) is 0 Å². The summed E-state index contributed by atoms with van der Waals surface area (Å²) >= 11 is 0. The Kier molecular flexibility index (Phi) is 2.77. The molecule has 0 aromatic heterocycles. The van der Waals surface area contributed by atoms with Gasteiger partial charge in [0, 0.05) is 5.92 Å². The lowest BCUT2D eigenvalue weighted by Crippen LogP contribution is -2.24. The van der Waals surface area contributed by atoms with Gasteiger partial charge in [-0.1, -0.05) is 13.8 Å². The lowest BCUT2D eigenvalue weighted by molar-refractivity contribution is 0.171. The number of hydrogen-bond donors (Lipinski definition) is 0. The molecule has 1 aliphatic carbocycles. The van der Waals surface area contributed by atoms with Gasteiger partial charge < -0.3 is 0 Å². The number of rotatable bonds is 1. The highest BCUT2D eigenvalue weighted by atomic mass is 14.4. The minimum absolute atomic E-state index is 0.265. The lowest BCUT2D eigenvalue weighted by Gasteiger charge is -2.35. The van der Waals surface area contributed by atoms with Crippen molar-refractivity contribution in [2.24, 2.45) is 17.3 Å². The van der Waals surface area contributed by atoms with Crippen LogP contribution >= 0.6 is 0 Å². The highest BCUT2D eigenvalue weighted by Gasteiger charge is 2.29. The van der Waals surface area contributed by atoms with Crippen molar-refractivity contribution in [3.63, 3.8) is 0 Å². The summed E-state index contributed by atoms with van der Waals surface area (Å²) in [7, 11) is 0. The highest BCUT2D eigenvalue weighted by molar-refractivity contribution is 4.89. The molecule has 0 bridgehead atoms. The van der Waals surface area contributed by atoms with Crippen LogP contribution in [-0.4, -0.2) is 0 Å². The number of nitriles is 1. The van der Waals surface area contributed by atoms with Gasteiger partial charge in [-0.2, -0.15) is 5.26 Å². The Morgan fingerprint density at radius 1 is 1.33 bits per heavy atom. The van der Waals surface area contributed by atoms with Gasteiger partial charge in [0.2, 0.25) is 0 Å². The molecule has 0 N–H and O–H groups in total. The maximum atomic E-state index is 8.77. The zero-order valence-corrected chi connectivity index (χ0v) is 8.43. The third kappa shape index (κ3) is 2.24. The molecule has 1 saturated carbocycles. The molecule has 0 spiro atoms. The van der Waals surface area contributed by atoms with E-state index in [0.717, 1.165) is 0 Å². The van der Waals surface area contributed by atoms with Crippen LogP contribution in [0.1, 0.15) is 46.5 Å². The lowest BCUT2D eigenvalue weighted by atomic mass is 9.70. The first-order chi connectivity index (χ1) is 5.55. The average molecular weight is 165 g/mol. The van der Waals surface area contributed by atoms with Gasteiger partial charge in [-0.25, -0.2) is 0 Å². The van der Waals surface area contributed by atoms with E-state index in [1.54, 1.807) is 0 Å². The molecule has 1 rings (SSSR count). The van der Waals surface area contributed by atoms with Crippen LogP contribution in [-0.2, 0) is 0 Å². The molecule has 0 aromatic rings. The summed E-state index contributed by atoms with van der Waals surface area (Å²) in [5.41, 5.74) is 0.533. The van der Waals surface area contributed by atoms with E-state index in [4.69, 9.17) is 5.26 Å². The third-order valence-corrected chi connectivity index (χ3v) is 3.29. The van der Waals surface area contributed by atoms with Crippen molar-refractivity contribution < 1.29 is 0 Å². The minimum atomic E-state index is 0.265. The van der Waals surface area contributed by atoms with Crippen molar-refractivity contribution in [1.29, 1.82) is 5.26 Å². The Labute approximate surface area is 75.8 Å². The summed E-state index contributed by atoms with van der Waals surface area (Å²) in [5.74, 6) is 0.934.